The summed E-state index contributed by atoms with van der Waals surface area (Å²) in [7, 11) is 2.04. The summed E-state index contributed by atoms with van der Waals surface area (Å²) >= 11 is 7.68. The summed E-state index contributed by atoms with van der Waals surface area (Å²) < 4.78 is 7.74. The molecule has 4 nitrogen and oxygen atoms in total. The van der Waals surface area contributed by atoms with Crippen molar-refractivity contribution in [2.75, 3.05) is 31.7 Å². The lowest BCUT2D eigenvalue weighted by molar-refractivity contribution is 0.131. The Morgan fingerprint density at radius 1 is 1.58 bits per heavy atom. The Balaban J connectivity index is 1.62. The number of nitrogens with zero attached hydrogens (tertiary/aromatic N) is 3. The minimum absolute atomic E-state index is 0.473. The average molecular weight is 300 g/mol. The summed E-state index contributed by atoms with van der Waals surface area (Å²) in [4.78, 5) is 7.76. The van der Waals surface area contributed by atoms with Gasteiger partial charge in [-0.2, -0.15) is 0 Å². The second-order valence-electron chi connectivity index (χ2n) is 5.01. The first-order valence-electron chi connectivity index (χ1n) is 6.59. The number of ether oxygens (including phenoxy) is 1. The molecule has 1 saturated carbocycles. The summed E-state index contributed by atoms with van der Waals surface area (Å²) in [6.45, 7) is 2.51. The van der Waals surface area contributed by atoms with Crippen LogP contribution < -0.4 is 4.90 Å². The van der Waals surface area contributed by atoms with E-state index >= 15 is 0 Å². The van der Waals surface area contributed by atoms with Crippen LogP contribution in [0.4, 0.5) is 5.82 Å². The molecule has 0 N–H and O–H groups in total. The first kappa shape index (κ1) is 13.2. The number of aromatic nitrogens is 2. The molecule has 0 aliphatic heterocycles. The minimum atomic E-state index is 0.473. The molecule has 1 aliphatic carbocycles. The monoisotopic (exact) mass is 299 g/mol. The molecule has 6 heteroatoms. The maximum atomic E-state index is 6.05. The summed E-state index contributed by atoms with van der Waals surface area (Å²) in [5, 5.41) is 2.03. The predicted molar refractivity (Wildman–Crippen MR) is 79.4 cm³/mol. The lowest BCUT2D eigenvalue weighted by Crippen LogP contribution is -2.24. The third-order valence-corrected chi connectivity index (χ3v) is 4.46. The lowest BCUT2D eigenvalue weighted by atomic mass is 10.4. The van der Waals surface area contributed by atoms with E-state index in [0.717, 1.165) is 42.1 Å². The molecule has 1 fully saturated rings. The van der Waals surface area contributed by atoms with Crippen molar-refractivity contribution in [3.05, 3.63) is 17.3 Å². The second-order valence-corrected chi connectivity index (χ2v) is 6.15. The maximum absolute atomic E-state index is 6.05. The van der Waals surface area contributed by atoms with Gasteiger partial charge in [0.1, 0.15) is 0 Å². The Morgan fingerprint density at radius 3 is 3.16 bits per heavy atom. The van der Waals surface area contributed by atoms with Crippen molar-refractivity contribution in [2.24, 2.45) is 5.92 Å². The first-order chi connectivity index (χ1) is 9.29. The molecule has 2 aromatic rings. The van der Waals surface area contributed by atoms with Gasteiger partial charge in [0.25, 0.3) is 0 Å². The van der Waals surface area contributed by atoms with Crippen LogP contribution in [0, 0.1) is 5.92 Å². The van der Waals surface area contributed by atoms with Gasteiger partial charge < -0.3 is 9.64 Å². The molecule has 0 saturated heterocycles. The summed E-state index contributed by atoms with van der Waals surface area (Å²) in [5.74, 6) is 2.26. The van der Waals surface area contributed by atoms with Crippen LogP contribution in [0.25, 0.3) is 4.96 Å². The van der Waals surface area contributed by atoms with Crippen molar-refractivity contribution < 1.29 is 4.74 Å². The molecule has 104 valence electrons. The Hall–Kier alpha value is -0.780. The first-order valence-corrected chi connectivity index (χ1v) is 8.00. The van der Waals surface area contributed by atoms with Crippen LogP contribution in [0.2, 0.25) is 0 Å². The molecule has 1 aliphatic rings. The smallest absolute Gasteiger partial charge is 0.195 e. The van der Waals surface area contributed by atoms with Gasteiger partial charge in [0.2, 0.25) is 0 Å². The van der Waals surface area contributed by atoms with Gasteiger partial charge in [0, 0.05) is 31.8 Å². The van der Waals surface area contributed by atoms with Crippen molar-refractivity contribution in [1.29, 1.82) is 0 Å². The quantitative estimate of drug-likeness (QED) is 0.581. The molecule has 0 spiro atoms. The fourth-order valence-corrected chi connectivity index (χ4v) is 3.07. The van der Waals surface area contributed by atoms with Crippen molar-refractivity contribution in [2.45, 2.75) is 18.7 Å². The third-order valence-electron chi connectivity index (χ3n) is 3.45. The van der Waals surface area contributed by atoms with Crippen LogP contribution in [0.1, 0.15) is 18.5 Å². The molecular formula is C13H18ClN3OS. The van der Waals surface area contributed by atoms with Crippen molar-refractivity contribution >= 4 is 33.7 Å². The number of hydrogen-bond acceptors (Lipinski definition) is 4. The minimum Gasteiger partial charge on any atom is -0.379 e. The molecule has 0 atom stereocenters. The highest BCUT2D eigenvalue weighted by Gasteiger charge is 2.21. The number of imidazole rings is 1. The number of likely N-dealkylation sites (N-methyl/N-ethyl adjacent to an activating group) is 1. The Kier molecular flexibility index (Phi) is 3.96. The van der Waals surface area contributed by atoms with E-state index in [1.165, 1.54) is 12.8 Å². The van der Waals surface area contributed by atoms with Gasteiger partial charge in [-0.25, -0.2) is 4.98 Å². The summed E-state index contributed by atoms with van der Waals surface area (Å²) in [6, 6.07) is 0. The molecule has 0 amide bonds. The van der Waals surface area contributed by atoms with E-state index < -0.39 is 0 Å². The largest absolute Gasteiger partial charge is 0.379 e. The Bertz CT molecular complexity index is 549. The molecular weight excluding hydrogens is 282 g/mol. The number of thiazole rings is 1. The van der Waals surface area contributed by atoms with E-state index in [0.29, 0.717) is 5.88 Å². The van der Waals surface area contributed by atoms with Gasteiger partial charge >= 0.3 is 0 Å². The lowest BCUT2D eigenvalue weighted by Gasteiger charge is -2.17. The van der Waals surface area contributed by atoms with Gasteiger partial charge in [-0.15, -0.1) is 22.9 Å². The van der Waals surface area contributed by atoms with Gasteiger partial charge in [-0.3, -0.25) is 4.40 Å². The Labute approximate surface area is 121 Å². The van der Waals surface area contributed by atoms with Crippen molar-refractivity contribution in [3.8, 4) is 0 Å². The highest BCUT2D eigenvalue weighted by Crippen LogP contribution is 2.29. The zero-order valence-electron chi connectivity index (χ0n) is 11.0. The molecule has 0 aromatic carbocycles. The van der Waals surface area contributed by atoms with Crippen LogP contribution >= 0.6 is 22.9 Å². The normalized spacial score (nSPS) is 15.3. The number of fused-ring (bicyclic) bond motifs is 1. The Morgan fingerprint density at radius 2 is 2.42 bits per heavy atom. The zero-order chi connectivity index (χ0) is 13.2. The van der Waals surface area contributed by atoms with Crippen molar-refractivity contribution in [3.63, 3.8) is 0 Å². The number of halogens is 1. The summed E-state index contributed by atoms with van der Waals surface area (Å²) in [6.07, 6.45) is 4.69. The second kappa shape index (κ2) is 5.69. The van der Waals surface area contributed by atoms with E-state index in [9.17, 15) is 0 Å². The summed E-state index contributed by atoms with van der Waals surface area (Å²) in [5.41, 5.74) is 1.06. The standard InChI is InChI=1S/C13H18ClN3OS/c1-16(4-6-18-9-10-2-3-10)12-11(8-14)17-5-7-19-13(17)15-12/h5,7,10H,2-4,6,8-9H2,1H3. The SMILES string of the molecule is CN(CCOCC1CC1)c1nc2sccn2c1CCl. The molecule has 0 radical (unpaired) electrons. The van der Waals surface area contributed by atoms with Crippen LogP contribution in [0.15, 0.2) is 11.6 Å². The molecule has 3 rings (SSSR count). The molecule has 2 aromatic heterocycles. The fourth-order valence-electron chi connectivity index (χ4n) is 2.09. The fraction of sp³-hybridized carbons (Fsp3) is 0.615. The molecule has 0 bridgehead atoms. The van der Waals surface area contributed by atoms with Crippen LogP contribution in [0.5, 0.6) is 0 Å². The van der Waals surface area contributed by atoms with Crippen LogP contribution in [-0.2, 0) is 10.6 Å². The van der Waals surface area contributed by atoms with Crippen LogP contribution in [-0.4, -0.2) is 36.2 Å². The van der Waals surface area contributed by atoms with E-state index in [1.807, 2.05) is 18.6 Å². The maximum Gasteiger partial charge on any atom is 0.195 e. The number of anilines is 1. The van der Waals surface area contributed by atoms with Gasteiger partial charge in [-0.05, 0) is 18.8 Å². The highest BCUT2D eigenvalue weighted by molar-refractivity contribution is 7.15. The third kappa shape index (κ3) is 2.88. The van der Waals surface area contributed by atoms with Crippen molar-refractivity contribution in [1.82, 2.24) is 9.38 Å². The van der Waals surface area contributed by atoms with Crippen LogP contribution in [0.3, 0.4) is 0 Å². The van der Waals surface area contributed by atoms with E-state index in [2.05, 4.69) is 14.3 Å². The number of rotatable bonds is 7. The van der Waals surface area contributed by atoms with Gasteiger partial charge in [-0.1, -0.05) is 0 Å². The average Bonchev–Trinajstić information content (AvgIpc) is 2.99. The van der Waals surface area contributed by atoms with E-state index in [4.69, 9.17) is 16.3 Å². The topological polar surface area (TPSA) is 29.8 Å². The molecule has 19 heavy (non-hydrogen) atoms. The highest BCUT2D eigenvalue weighted by atomic mass is 35.5. The van der Waals surface area contributed by atoms with Gasteiger partial charge in [0.15, 0.2) is 10.8 Å². The predicted octanol–water partition coefficient (Wildman–Crippen LogP) is 3.00. The molecule has 2 heterocycles. The zero-order valence-corrected chi connectivity index (χ0v) is 12.6. The van der Waals surface area contributed by atoms with E-state index in [1.54, 1.807) is 11.3 Å². The number of alkyl halides is 1. The van der Waals surface area contributed by atoms with Gasteiger partial charge in [0.05, 0.1) is 18.2 Å². The number of hydrogen-bond donors (Lipinski definition) is 0. The molecule has 0 unspecified atom stereocenters. The van der Waals surface area contributed by atoms with E-state index in [-0.39, 0.29) is 0 Å².